The molecule has 1 aliphatic carbocycles. The summed E-state index contributed by atoms with van der Waals surface area (Å²) in [6.45, 7) is 0. The van der Waals surface area contributed by atoms with Gasteiger partial charge in [0.05, 0.1) is 11.1 Å². The summed E-state index contributed by atoms with van der Waals surface area (Å²) < 4.78 is 0. The summed E-state index contributed by atoms with van der Waals surface area (Å²) in [4.78, 5) is 2.42. The standard InChI is InChI=1S/C47H33N/c1-6-18-34(19-7-1)35-30-31-42-43(32-35)47(36-20-8-2-9-21-36,37-22-10-3-11-23-37)44-33-45(40-28-16-17-29-41(40)46(42)44)48(38-24-12-4-13-25-38)39-26-14-5-15-27-39/h1-33H. The van der Waals surface area contributed by atoms with Crippen LogP contribution in [0.1, 0.15) is 22.3 Å². The van der Waals surface area contributed by atoms with Crippen LogP contribution in [0.4, 0.5) is 17.1 Å². The van der Waals surface area contributed by atoms with Crippen LogP contribution in [0, 0.1) is 0 Å². The third-order valence-electron chi connectivity index (χ3n) is 9.91. The average Bonchev–Trinajstić information content (AvgIpc) is 3.47. The molecule has 0 N–H and O–H groups in total. The predicted octanol–water partition coefficient (Wildman–Crippen LogP) is 12.3. The van der Waals surface area contributed by atoms with E-state index in [1.807, 2.05) is 0 Å². The normalized spacial score (nSPS) is 12.8. The zero-order valence-corrected chi connectivity index (χ0v) is 26.5. The van der Waals surface area contributed by atoms with Crippen LogP contribution in [0.2, 0.25) is 0 Å². The van der Waals surface area contributed by atoms with Crippen LogP contribution in [0.3, 0.4) is 0 Å². The maximum Gasteiger partial charge on any atom is 0.0714 e. The quantitative estimate of drug-likeness (QED) is 0.181. The van der Waals surface area contributed by atoms with Crippen LogP contribution in [0.5, 0.6) is 0 Å². The molecule has 0 spiro atoms. The van der Waals surface area contributed by atoms with E-state index in [4.69, 9.17) is 0 Å². The number of fused-ring (bicyclic) bond motifs is 5. The van der Waals surface area contributed by atoms with Crippen LogP contribution >= 0.6 is 0 Å². The summed E-state index contributed by atoms with van der Waals surface area (Å²) in [6, 6.07) is 73.0. The first-order chi connectivity index (χ1) is 23.8. The minimum atomic E-state index is -0.546. The van der Waals surface area contributed by atoms with Crippen molar-refractivity contribution < 1.29 is 0 Å². The minimum absolute atomic E-state index is 0.546. The molecule has 1 nitrogen and oxygen atoms in total. The second-order valence-corrected chi connectivity index (χ2v) is 12.5. The Morgan fingerprint density at radius 3 is 1.40 bits per heavy atom. The molecule has 0 fully saturated rings. The fourth-order valence-corrected chi connectivity index (χ4v) is 7.90. The molecular weight excluding hydrogens is 579 g/mol. The summed E-state index contributed by atoms with van der Waals surface area (Å²) in [5.74, 6) is 0. The molecular formula is C47H33N. The highest BCUT2D eigenvalue weighted by atomic mass is 15.1. The zero-order valence-electron chi connectivity index (χ0n) is 26.5. The lowest BCUT2D eigenvalue weighted by atomic mass is 9.67. The summed E-state index contributed by atoms with van der Waals surface area (Å²) in [6.07, 6.45) is 0. The molecule has 226 valence electrons. The van der Waals surface area contributed by atoms with Gasteiger partial charge in [0.15, 0.2) is 0 Å². The van der Waals surface area contributed by atoms with Crippen molar-refractivity contribution in [2.75, 3.05) is 4.90 Å². The fraction of sp³-hybridized carbons (Fsp3) is 0.0213. The van der Waals surface area contributed by atoms with Gasteiger partial charge in [-0.15, -0.1) is 0 Å². The van der Waals surface area contributed by atoms with E-state index in [0.29, 0.717) is 0 Å². The average molecular weight is 612 g/mol. The van der Waals surface area contributed by atoms with E-state index in [0.717, 1.165) is 17.1 Å². The summed E-state index contributed by atoms with van der Waals surface area (Å²) >= 11 is 0. The third-order valence-corrected chi connectivity index (χ3v) is 9.91. The molecule has 9 rings (SSSR count). The molecule has 0 heterocycles. The van der Waals surface area contributed by atoms with E-state index in [2.05, 4.69) is 205 Å². The van der Waals surface area contributed by atoms with Crippen molar-refractivity contribution in [2.24, 2.45) is 0 Å². The van der Waals surface area contributed by atoms with E-state index < -0.39 is 5.41 Å². The second kappa shape index (κ2) is 11.6. The molecule has 0 radical (unpaired) electrons. The molecule has 8 aromatic rings. The number of hydrogen-bond acceptors (Lipinski definition) is 1. The van der Waals surface area contributed by atoms with Crippen LogP contribution < -0.4 is 4.90 Å². The maximum absolute atomic E-state index is 2.49. The minimum Gasteiger partial charge on any atom is -0.310 e. The van der Waals surface area contributed by atoms with Gasteiger partial charge in [-0.3, -0.25) is 0 Å². The van der Waals surface area contributed by atoms with Gasteiger partial charge in [0.2, 0.25) is 0 Å². The maximum atomic E-state index is 2.49. The van der Waals surface area contributed by atoms with E-state index in [9.17, 15) is 0 Å². The topological polar surface area (TPSA) is 3.24 Å². The zero-order chi connectivity index (χ0) is 31.9. The number of hydrogen-bond donors (Lipinski definition) is 0. The Bertz CT molecular complexity index is 2290. The van der Waals surface area contributed by atoms with Crippen LogP contribution in [0.15, 0.2) is 200 Å². The van der Waals surface area contributed by atoms with Crippen molar-refractivity contribution in [3.05, 3.63) is 222 Å². The van der Waals surface area contributed by atoms with Gasteiger partial charge in [-0.2, -0.15) is 0 Å². The molecule has 0 bridgehead atoms. The Hall–Kier alpha value is -6.18. The molecule has 1 heteroatoms. The lowest BCUT2D eigenvalue weighted by molar-refractivity contribution is 0.769. The van der Waals surface area contributed by atoms with Gasteiger partial charge in [-0.25, -0.2) is 0 Å². The predicted molar refractivity (Wildman–Crippen MR) is 201 cm³/mol. The van der Waals surface area contributed by atoms with Crippen LogP contribution in [0.25, 0.3) is 33.0 Å². The first kappa shape index (κ1) is 28.1. The number of rotatable bonds is 6. The Balaban J connectivity index is 1.45. The van der Waals surface area contributed by atoms with E-state index in [1.165, 1.54) is 55.3 Å². The first-order valence-corrected chi connectivity index (χ1v) is 16.6. The highest BCUT2D eigenvalue weighted by Gasteiger charge is 2.47. The summed E-state index contributed by atoms with van der Waals surface area (Å²) in [5.41, 5.74) is 13.0. The highest BCUT2D eigenvalue weighted by Crippen LogP contribution is 2.60. The molecule has 0 saturated heterocycles. The molecule has 0 atom stereocenters. The van der Waals surface area contributed by atoms with Crippen LogP contribution in [-0.4, -0.2) is 0 Å². The molecule has 1 aliphatic rings. The Morgan fingerprint density at radius 2 is 0.833 bits per heavy atom. The van der Waals surface area contributed by atoms with Crippen LogP contribution in [-0.2, 0) is 5.41 Å². The first-order valence-electron chi connectivity index (χ1n) is 16.6. The fourth-order valence-electron chi connectivity index (χ4n) is 7.90. The van der Waals surface area contributed by atoms with Gasteiger partial charge in [0.25, 0.3) is 0 Å². The number of nitrogens with zero attached hydrogens (tertiary/aromatic N) is 1. The van der Waals surface area contributed by atoms with E-state index in [1.54, 1.807) is 0 Å². The van der Waals surface area contributed by atoms with Crippen molar-refractivity contribution in [2.45, 2.75) is 5.41 Å². The SMILES string of the molecule is c1ccc(-c2ccc3c(c2)C(c2ccccc2)(c2ccccc2)c2cc(N(c4ccccc4)c4ccccc4)c4ccccc4c2-3)cc1. The number of benzene rings is 8. The Kier molecular flexibility index (Phi) is 6.76. The molecule has 48 heavy (non-hydrogen) atoms. The second-order valence-electron chi connectivity index (χ2n) is 12.5. The summed E-state index contributed by atoms with van der Waals surface area (Å²) in [5, 5.41) is 2.48. The van der Waals surface area contributed by atoms with Gasteiger partial charge in [-0.05, 0) is 86.3 Å². The molecule has 8 aromatic carbocycles. The Morgan fingerprint density at radius 1 is 0.354 bits per heavy atom. The van der Waals surface area contributed by atoms with Crippen molar-refractivity contribution in [3.63, 3.8) is 0 Å². The molecule has 0 aliphatic heterocycles. The van der Waals surface area contributed by atoms with Crippen molar-refractivity contribution in [1.29, 1.82) is 0 Å². The van der Waals surface area contributed by atoms with Crippen molar-refractivity contribution in [3.8, 4) is 22.3 Å². The smallest absolute Gasteiger partial charge is 0.0714 e. The summed E-state index contributed by atoms with van der Waals surface area (Å²) in [7, 11) is 0. The van der Waals surface area contributed by atoms with Crippen molar-refractivity contribution >= 4 is 27.8 Å². The lowest BCUT2D eigenvalue weighted by Crippen LogP contribution is -2.29. The van der Waals surface area contributed by atoms with Gasteiger partial charge in [-0.1, -0.05) is 164 Å². The molecule has 0 amide bonds. The molecule has 0 aromatic heterocycles. The van der Waals surface area contributed by atoms with Gasteiger partial charge >= 0.3 is 0 Å². The Labute approximate surface area is 282 Å². The third kappa shape index (κ3) is 4.32. The molecule has 0 unspecified atom stereocenters. The monoisotopic (exact) mass is 611 g/mol. The largest absolute Gasteiger partial charge is 0.310 e. The van der Waals surface area contributed by atoms with Gasteiger partial charge in [0.1, 0.15) is 0 Å². The number of para-hydroxylation sites is 2. The van der Waals surface area contributed by atoms with Gasteiger partial charge < -0.3 is 4.90 Å². The van der Waals surface area contributed by atoms with Gasteiger partial charge in [0, 0.05) is 16.8 Å². The van der Waals surface area contributed by atoms with Crippen molar-refractivity contribution in [1.82, 2.24) is 0 Å². The van der Waals surface area contributed by atoms with E-state index >= 15 is 0 Å². The molecule has 0 saturated carbocycles. The lowest BCUT2D eigenvalue weighted by Gasteiger charge is -2.35. The number of anilines is 3. The highest BCUT2D eigenvalue weighted by molar-refractivity contribution is 6.11. The van der Waals surface area contributed by atoms with E-state index in [-0.39, 0.29) is 0 Å².